The Morgan fingerprint density at radius 2 is 2.15 bits per heavy atom. The van der Waals surface area contributed by atoms with Gasteiger partial charge in [0, 0.05) is 18.3 Å². The van der Waals surface area contributed by atoms with Gasteiger partial charge in [-0.05, 0) is 38.3 Å². The van der Waals surface area contributed by atoms with Gasteiger partial charge >= 0.3 is 0 Å². The number of fused-ring (bicyclic) bond motifs is 2. The molecule has 2 N–H and O–H groups in total. The molecule has 0 aromatic carbocycles. The average Bonchev–Trinajstić information content (AvgIpc) is 2.57. The van der Waals surface area contributed by atoms with Crippen LogP contribution in [0.2, 0.25) is 0 Å². The van der Waals surface area contributed by atoms with Gasteiger partial charge in [0.1, 0.15) is 5.82 Å². The minimum Gasteiger partial charge on any atom is -0.368 e. The molecule has 1 atom stereocenters. The number of nitrogens with two attached hydrogens (primary N) is 1. The number of hydrogen-bond acceptors (Lipinski definition) is 5. The number of piperidine rings is 1. The van der Waals surface area contributed by atoms with Crippen molar-refractivity contribution >= 4 is 28.7 Å². The molecule has 5 heteroatoms. The van der Waals surface area contributed by atoms with Crippen molar-refractivity contribution in [2.24, 2.45) is 0 Å². The molecule has 102 valence electrons. The Morgan fingerprint density at radius 3 is 3.05 bits per heavy atom. The highest BCUT2D eigenvalue weighted by Gasteiger charge is 2.27. The van der Waals surface area contributed by atoms with Gasteiger partial charge in [0.05, 0.1) is 16.6 Å². The zero-order valence-electron chi connectivity index (χ0n) is 11.5. The third-order valence-electron chi connectivity index (χ3n) is 4.13. The van der Waals surface area contributed by atoms with Crippen LogP contribution in [-0.4, -0.2) is 27.5 Å². The summed E-state index contributed by atoms with van der Waals surface area (Å²) in [4.78, 5) is 15.9. The lowest BCUT2D eigenvalue weighted by Crippen LogP contribution is -2.38. The first kappa shape index (κ1) is 11.6. The highest BCUT2D eigenvalue weighted by Crippen LogP contribution is 2.35. The van der Waals surface area contributed by atoms with Gasteiger partial charge in [0.25, 0.3) is 0 Å². The first-order chi connectivity index (χ1) is 9.72. The minimum atomic E-state index is 0.343. The molecule has 2 aromatic rings. The molecule has 0 amide bonds. The van der Waals surface area contributed by atoms with Crippen molar-refractivity contribution in [3.63, 3.8) is 0 Å². The molecular formula is C15H17N5. The second-order valence-corrected chi connectivity index (χ2v) is 5.56. The number of pyridine rings is 1. The fourth-order valence-electron chi connectivity index (χ4n) is 3.26. The topological polar surface area (TPSA) is 67.9 Å². The second kappa shape index (κ2) is 4.16. The lowest BCUT2D eigenvalue weighted by atomic mass is 10.0. The summed E-state index contributed by atoms with van der Waals surface area (Å²) in [6.07, 6.45) is 7.99. The molecule has 0 bridgehead atoms. The Kier molecular flexibility index (Phi) is 2.42. The molecule has 20 heavy (non-hydrogen) atoms. The smallest absolute Gasteiger partial charge is 0.222 e. The average molecular weight is 267 g/mol. The van der Waals surface area contributed by atoms with E-state index in [0.717, 1.165) is 41.1 Å². The number of rotatable bonds is 0. The van der Waals surface area contributed by atoms with E-state index in [0.29, 0.717) is 12.0 Å². The van der Waals surface area contributed by atoms with Gasteiger partial charge in [-0.25, -0.2) is 4.98 Å². The largest absolute Gasteiger partial charge is 0.368 e. The standard InChI is InChI=1S/C15H17N5/c1-9-8-12-13-11(17-9)6-5-10-4-2-3-7-20(10)14(13)19-15(16)18-12/h5-6,8,10H,2-4,7H2,1H3,(H2,16,18,19)/t10-/m0/s1. The van der Waals surface area contributed by atoms with Crippen molar-refractivity contribution < 1.29 is 0 Å². The number of nitrogens with zero attached hydrogens (tertiary/aromatic N) is 4. The van der Waals surface area contributed by atoms with Crippen LogP contribution >= 0.6 is 0 Å². The summed E-state index contributed by atoms with van der Waals surface area (Å²) in [5.74, 6) is 1.29. The molecule has 2 aromatic heterocycles. The Labute approximate surface area is 117 Å². The van der Waals surface area contributed by atoms with E-state index in [2.05, 4.69) is 32.0 Å². The number of aromatic nitrogens is 3. The summed E-state index contributed by atoms with van der Waals surface area (Å²) in [5, 5.41) is 1.03. The third-order valence-corrected chi connectivity index (χ3v) is 4.13. The lowest BCUT2D eigenvalue weighted by molar-refractivity contribution is 0.513. The van der Waals surface area contributed by atoms with Crippen LogP contribution in [-0.2, 0) is 0 Å². The van der Waals surface area contributed by atoms with E-state index >= 15 is 0 Å². The zero-order valence-corrected chi connectivity index (χ0v) is 11.5. The molecule has 1 fully saturated rings. The molecule has 0 saturated carbocycles. The highest BCUT2D eigenvalue weighted by molar-refractivity contribution is 5.97. The maximum atomic E-state index is 5.91. The predicted octanol–water partition coefficient (Wildman–Crippen LogP) is 2.30. The van der Waals surface area contributed by atoms with Crippen molar-refractivity contribution in [1.82, 2.24) is 15.0 Å². The summed E-state index contributed by atoms with van der Waals surface area (Å²) >= 11 is 0. The lowest BCUT2D eigenvalue weighted by Gasteiger charge is -2.34. The van der Waals surface area contributed by atoms with E-state index in [1.807, 2.05) is 13.0 Å². The third kappa shape index (κ3) is 1.66. The van der Waals surface area contributed by atoms with Crippen molar-refractivity contribution in [3.8, 4) is 0 Å². The van der Waals surface area contributed by atoms with Gasteiger partial charge in [-0.1, -0.05) is 6.08 Å². The summed E-state index contributed by atoms with van der Waals surface area (Å²) < 4.78 is 0. The van der Waals surface area contributed by atoms with Gasteiger partial charge in [-0.2, -0.15) is 4.98 Å². The molecule has 2 aliphatic rings. The van der Waals surface area contributed by atoms with Crippen molar-refractivity contribution in [3.05, 3.63) is 23.5 Å². The fourth-order valence-corrected chi connectivity index (χ4v) is 3.26. The summed E-state index contributed by atoms with van der Waals surface area (Å²) in [7, 11) is 0. The Hall–Kier alpha value is -2.17. The van der Waals surface area contributed by atoms with E-state index in [1.54, 1.807) is 0 Å². The number of nitrogen functional groups attached to an aromatic ring is 1. The van der Waals surface area contributed by atoms with Crippen LogP contribution in [0.25, 0.3) is 17.0 Å². The van der Waals surface area contributed by atoms with Crippen molar-refractivity contribution in [2.45, 2.75) is 32.2 Å². The van der Waals surface area contributed by atoms with Crippen molar-refractivity contribution in [2.75, 3.05) is 17.2 Å². The van der Waals surface area contributed by atoms with Gasteiger partial charge in [0.15, 0.2) is 0 Å². The summed E-state index contributed by atoms with van der Waals surface area (Å²) in [5.41, 5.74) is 8.72. The Bertz CT molecular complexity index is 717. The van der Waals surface area contributed by atoms with Crippen LogP contribution in [0.5, 0.6) is 0 Å². The van der Waals surface area contributed by atoms with Crippen LogP contribution in [0, 0.1) is 6.92 Å². The predicted molar refractivity (Wildman–Crippen MR) is 80.5 cm³/mol. The Balaban J connectivity index is 2.07. The number of hydrogen-bond donors (Lipinski definition) is 1. The number of aryl methyl sites for hydroxylation is 1. The highest BCUT2D eigenvalue weighted by atomic mass is 15.2. The van der Waals surface area contributed by atoms with E-state index in [4.69, 9.17) is 5.73 Å². The Morgan fingerprint density at radius 1 is 1.25 bits per heavy atom. The zero-order chi connectivity index (χ0) is 13.7. The van der Waals surface area contributed by atoms with Gasteiger partial charge in [0.2, 0.25) is 5.95 Å². The van der Waals surface area contributed by atoms with E-state index in [1.165, 1.54) is 12.8 Å². The SMILES string of the molecule is Cc1cc2nc(N)nc3c2c(n1)C=C[C@@H]1CCCCN31. The molecule has 0 aliphatic carbocycles. The van der Waals surface area contributed by atoms with Crippen LogP contribution in [0.4, 0.5) is 11.8 Å². The van der Waals surface area contributed by atoms with Gasteiger partial charge < -0.3 is 10.6 Å². The summed E-state index contributed by atoms with van der Waals surface area (Å²) in [6.45, 7) is 3.01. The van der Waals surface area contributed by atoms with Gasteiger partial charge in [-0.3, -0.25) is 4.98 Å². The minimum absolute atomic E-state index is 0.343. The monoisotopic (exact) mass is 267 g/mol. The van der Waals surface area contributed by atoms with Crippen molar-refractivity contribution in [1.29, 1.82) is 0 Å². The fraction of sp³-hybridized carbons (Fsp3) is 0.400. The molecule has 4 heterocycles. The molecule has 4 rings (SSSR count). The molecule has 0 unspecified atom stereocenters. The first-order valence-corrected chi connectivity index (χ1v) is 7.12. The first-order valence-electron chi connectivity index (χ1n) is 7.12. The molecule has 0 spiro atoms. The quantitative estimate of drug-likeness (QED) is 0.793. The maximum absolute atomic E-state index is 5.91. The molecule has 0 radical (unpaired) electrons. The second-order valence-electron chi connectivity index (χ2n) is 5.56. The normalized spacial score (nSPS) is 20.9. The molecule has 2 aliphatic heterocycles. The number of anilines is 2. The summed E-state index contributed by atoms with van der Waals surface area (Å²) in [6, 6.07) is 2.38. The van der Waals surface area contributed by atoms with Crippen LogP contribution in [0.1, 0.15) is 30.7 Å². The van der Waals surface area contributed by atoms with Crippen LogP contribution < -0.4 is 10.6 Å². The van der Waals surface area contributed by atoms with E-state index < -0.39 is 0 Å². The molecule has 5 nitrogen and oxygen atoms in total. The van der Waals surface area contributed by atoms with Crippen LogP contribution in [0.15, 0.2) is 12.1 Å². The maximum Gasteiger partial charge on any atom is 0.222 e. The van der Waals surface area contributed by atoms with Gasteiger partial charge in [-0.15, -0.1) is 0 Å². The molecular weight excluding hydrogens is 250 g/mol. The van der Waals surface area contributed by atoms with Crippen LogP contribution in [0.3, 0.4) is 0 Å². The van der Waals surface area contributed by atoms with E-state index in [9.17, 15) is 0 Å². The molecule has 1 saturated heterocycles. The van der Waals surface area contributed by atoms with E-state index in [-0.39, 0.29) is 0 Å².